The number of nitrogens with zero attached hydrogens (tertiary/aromatic N) is 8. The fourth-order valence-corrected chi connectivity index (χ4v) is 3.58. The maximum absolute atomic E-state index is 11.4. The van der Waals surface area contributed by atoms with Gasteiger partial charge in [-0.2, -0.15) is 7.11 Å². The molecule has 2 aromatic rings. The number of allylic oxidation sites excluding steroid dienone is 6. The van der Waals surface area contributed by atoms with Crippen LogP contribution in [0.3, 0.4) is 0 Å². The van der Waals surface area contributed by atoms with Crippen molar-refractivity contribution in [2.24, 2.45) is 20.4 Å². The summed E-state index contributed by atoms with van der Waals surface area (Å²) < 4.78 is 4.86. The van der Waals surface area contributed by atoms with Crippen molar-refractivity contribution in [3.63, 3.8) is 0 Å². The van der Waals surface area contributed by atoms with Crippen LogP contribution in [-0.2, 0) is 31.1 Å². The molecule has 0 fully saturated rings. The molecule has 19 heteroatoms. The Bertz CT molecular complexity index is 1630. The molecule has 0 saturated heterocycles. The van der Waals surface area contributed by atoms with E-state index in [0.29, 0.717) is 11.3 Å². The maximum Gasteiger partial charge on any atom is 3.00 e. The van der Waals surface area contributed by atoms with Crippen LogP contribution < -0.4 is 19.6 Å². The molecule has 0 radical (unpaired) electrons. The van der Waals surface area contributed by atoms with Crippen molar-refractivity contribution < 1.29 is 46.1 Å². The fraction of sp³-hybridized carbons (Fsp3) is 0.0500. The molecule has 0 bridgehead atoms. The first kappa shape index (κ1) is 30.6. The van der Waals surface area contributed by atoms with Gasteiger partial charge >= 0.3 is 26.8 Å². The minimum Gasteiger partial charge on any atom is -0.664 e. The summed E-state index contributed by atoms with van der Waals surface area (Å²) in [6.45, 7) is 1.58. The molecule has 0 aliphatic heterocycles. The third-order valence-corrected chi connectivity index (χ3v) is 5.90. The van der Waals surface area contributed by atoms with Crippen LogP contribution in [0, 0.1) is 27.3 Å². The summed E-state index contributed by atoms with van der Waals surface area (Å²) in [5.41, 5.74) is 0.754. The van der Waals surface area contributed by atoms with E-state index in [-0.39, 0.29) is 65.2 Å². The number of ether oxygens (including phenoxy) is 1. The standard InChI is InChI=1S/C11H9N4O4S.C9H6N4O4S.Co/c1-6-8(16)4-3-7(10(6)19-2)13-14-11-12-5-9(20-11)15(17)18;14-5-1-2-6(7(15)3-5)11-12-9-10-4-8(18-9)13(16)17;/h3-5H,2H2,1H3,(H,12,14,16);1-4H,(H2,10,12,14,15);/q-1;;+3/p-2. The van der Waals surface area contributed by atoms with E-state index in [2.05, 4.69) is 37.5 Å². The monoisotopic (exact) mass is 616 g/mol. The zero-order valence-corrected chi connectivity index (χ0v) is 22.0. The van der Waals surface area contributed by atoms with Gasteiger partial charge in [-0.05, 0) is 31.2 Å². The Morgan fingerprint density at radius 1 is 0.897 bits per heavy atom. The molecule has 0 unspecified atom stereocenters. The number of thiazole rings is 2. The van der Waals surface area contributed by atoms with Gasteiger partial charge in [0.05, 0.1) is 9.85 Å². The predicted octanol–water partition coefficient (Wildman–Crippen LogP) is 1.54. The Morgan fingerprint density at radius 2 is 1.41 bits per heavy atom. The molecule has 39 heavy (non-hydrogen) atoms. The number of aliphatic hydroxyl groups excluding tert-OH is 1. The molecule has 1 N–H and O–H groups in total. The molecule has 2 aromatic heterocycles. The summed E-state index contributed by atoms with van der Waals surface area (Å²) in [4.78, 5) is 49.7. The van der Waals surface area contributed by atoms with E-state index in [9.17, 15) is 34.9 Å². The Morgan fingerprint density at radius 3 is 1.87 bits per heavy atom. The van der Waals surface area contributed by atoms with Gasteiger partial charge in [0.2, 0.25) is 0 Å². The van der Waals surface area contributed by atoms with E-state index in [4.69, 9.17) is 4.74 Å². The Hall–Kier alpha value is -4.59. The predicted molar refractivity (Wildman–Crippen MR) is 133 cm³/mol. The van der Waals surface area contributed by atoms with Crippen molar-refractivity contribution in [2.75, 3.05) is 0 Å². The Labute approximate surface area is 235 Å². The average Bonchev–Trinajstić information content (AvgIpc) is 3.55. The second kappa shape index (κ2) is 13.8. The summed E-state index contributed by atoms with van der Waals surface area (Å²) in [6, 6.07) is 0. The number of ketones is 2. The largest absolute Gasteiger partial charge is 3.00 e. The second-order valence-corrected chi connectivity index (χ2v) is 8.68. The van der Waals surface area contributed by atoms with Crippen LogP contribution in [0.1, 0.15) is 6.92 Å². The van der Waals surface area contributed by atoms with Gasteiger partial charge in [0.15, 0.2) is 11.6 Å². The van der Waals surface area contributed by atoms with Crippen molar-refractivity contribution in [1.82, 2.24) is 9.97 Å². The first-order valence-corrected chi connectivity index (χ1v) is 11.5. The summed E-state index contributed by atoms with van der Waals surface area (Å²) in [5.74, 6) is -0.645. The summed E-state index contributed by atoms with van der Waals surface area (Å²) in [7, 11) is 3.26. The van der Waals surface area contributed by atoms with E-state index in [1.54, 1.807) is 6.92 Å². The number of carbonyl (C=O) groups excluding carboxylic acids is 2. The third kappa shape index (κ3) is 8.20. The zero-order valence-electron chi connectivity index (χ0n) is 19.3. The van der Waals surface area contributed by atoms with Crippen molar-refractivity contribution in [1.29, 1.82) is 0 Å². The molecule has 2 heterocycles. The van der Waals surface area contributed by atoms with E-state index >= 15 is 0 Å². The SMILES string of the molecule is O=C1C=C/C(=N\N=c2/[n-]cc([N+](=O)[O-])s2)C(O)=C1.[CH2-]OC1=C(C)C(=O)C=C/C1=N\N=c1/[n-]cc([N+](=O)[O-])s1.[Co+3]. The van der Waals surface area contributed by atoms with Gasteiger partial charge in [-0.3, -0.25) is 40.0 Å². The van der Waals surface area contributed by atoms with Crippen LogP contribution >= 0.6 is 22.7 Å². The number of nitro groups is 2. The molecule has 0 saturated carbocycles. The minimum atomic E-state index is -0.583. The van der Waals surface area contributed by atoms with Crippen LogP contribution in [0.2, 0.25) is 0 Å². The summed E-state index contributed by atoms with van der Waals surface area (Å²) in [6.07, 6.45) is 8.45. The van der Waals surface area contributed by atoms with Crippen LogP contribution in [-0.4, -0.2) is 37.9 Å². The molecule has 4 rings (SSSR count). The van der Waals surface area contributed by atoms with Crippen LogP contribution in [0.15, 0.2) is 80.3 Å². The van der Waals surface area contributed by atoms with Gasteiger partial charge in [0.1, 0.15) is 22.9 Å². The van der Waals surface area contributed by atoms with E-state index in [0.717, 1.165) is 41.1 Å². The molecule has 16 nitrogen and oxygen atoms in total. The summed E-state index contributed by atoms with van der Waals surface area (Å²) in [5, 5.41) is 45.0. The molecule has 0 aromatic carbocycles. The van der Waals surface area contributed by atoms with E-state index < -0.39 is 9.85 Å². The first-order valence-electron chi connectivity index (χ1n) is 9.85. The van der Waals surface area contributed by atoms with Crippen LogP contribution in [0.4, 0.5) is 10.0 Å². The number of rotatable bonds is 5. The Balaban J connectivity index is 0.000000268. The van der Waals surface area contributed by atoms with Gasteiger partial charge in [-0.25, -0.2) is 0 Å². The Kier molecular flexibility index (Phi) is 10.8. The topological polar surface area (TPSA) is 228 Å². The third-order valence-electron chi connectivity index (χ3n) is 4.24. The van der Waals surface area contributed by atoms with Gasteiger partial charge in [0, 0.05) is 33.6 Å². The molecule has 2 aliphatic carbocycles. The van der Waals surface area contributed by atoms with Crippen molar-refractivity contribution in [3.05, 3.63) is 96.8 Å². The number of aliphatic hydroxyl groups is 1. The van der Waals surface area contributed by atoms with Crippen LogP contribution in [0.25, 0.3) is 0 Å². The van der Waals surface area contributed by atoms with E-state index in [1.165, 1.54) is 24.3 Å². The zero-order chi connectivity index (χ0) is 27.8. The van der Waals surface area contributed by atoms with Crippen molar-refractivity contribution in [3.8, 4) is 0 Å². The molecule has 0 spiro atoms. The number of hydrogen-bond acceptors (Lipinski definition) is 14. The van der Waals surface area contributed by atoms with Crippen molar-refractivity contribution in [2.45, 2.75) is 6.92 Å². The summed E-state index contributed by atoms with van der Waals surface area (Å²) >= 11 is 1.55. The van der Waals surface area contributed by atoms with E-state index in [1.807, 2.05) is 0 Å². The van der Waals surface area contributed by atoms with Crippen LogP contribution in [0.5, 0.6) is 0 Å². The number of aromatic nitrogens is 2. The molecule has 0 amide bonds. The normalized spacial score (nSPS) is 17.6. The van der Waals surface area contributed by atoms with Gasteiger partial charge in [-0.1, -0.05) is 22.7 Å². The average molecular weight is 616 g/mol. The molecule has 2 aliphatic rings. The number of hydrogen-bond donors (Lipinski definition) is 1. The van der Waals surface area contributed by atoms with Crippen molar-refractivity contribution >= 4 is 55.7 Å². The smallest absolute Gasteiger partial charge is 0.664 e. The molecular formula is C20H13CoN8O8S2. The van der Waals surface area contributed by atoms with Gasteiger partial charge in [-0.15, -0.1) is 0 Å². The fourth-order valence-electron chi connectivity index (χ4n) is 2.48. The van der Waals surface area contributed by atoms with Gasteiger partial charge < -0.3 is 30.0 Å². The molecule has 0 atom stereocenters. The minimum absolute atomic E-state index is 0. The number of carbonyl (C=O) groups is 2. The first-order chi connectivity index (χ1) is 18.1. The molecule has 202 valence electrons. The molecular weight excluding hydrogens is 603 g/mol. The van der Waals surface area contributed by atoms with Gasteiger partial charge in [0.25, 0.3) is 0 Å². The maximum atomic E-state index is 11.4. The second-order valence-electron chi connectivity index (χ2n) is 6.71. The quantitative estimate of drug-likeness (QED) is 0.220.